The lowest BCUT2D eigenvalue weighted by Crippen LogP contribution is -2.41. The molecule has 0 saturated carbocycles. The fraction of sp³-hybridized carbons (Fsp3) is 0.421. The van der Waals surface area contributed by atoms with Gasteiger partial charge in [-0.25, -0.2) is 4.57 Å². The maximum Gasteiger partial charge on any atom is 0.469 e. The molecule has 1 aromatic carbocycles. The van der Waals surface area contributed by atoms with Crippen molar-refractivity contribution in [3.8, 4) is 0 Å². The number of carbonyl (C=O) groups is 1. The first-order valence-corrected chi connectivity index (χ1v) is 11.1. The highest BCUT2D eigenvalue weighted by Gasteiger charge is 2.24. The van der Waals surface area contributed by atoms with Gasteiger partial charge in [-0.15, -0.1) is 11.3 Å². The van der Waals surface area contributed by atoms with Gasteiger partial charge in [0.2, 0.25) is 0 Å². The van der Waals surface area contributed by atoms with E-state index in [4.69, 9.17) is 15.5 Å². The largest absolute Gasteiger partial charge is 0.469 e. The SMILES string of the molecule is CC(N)(CCc1ccc(C(=O)CCCc2ccccc2)s1)COP(=O)(O)O. The summed E-state index contributed by atoms with van der Waals surface area (Å²) in [6, 6.07) is 13.9. The standard InChI is InChI=1S/C19H26NO5PS/c1-19(20,14-25-26(22,23)24)13-12-16-10-11-18(27-16)17(21)9-5-8-15-6-3-2-4-7-15/h2-4,6-7,10-11H,5,8-9,12-14,20H2,1H3,(H2,22,23,24). The molecule has 0 saturated heterocycles. The molecular formula is C19H26NO5PS. The van der Waals surface area contributed by atoms with Gasteiger partial charge in [-0.05, 0) is 50.3 Å². The highest BCUT2D eigenvalue weighted by molar-refractivity contribution is 7.46. The number of ketones is 1. The molecule has 0 aliphatic rings. The van der Waals surface area contributed by atoms with Gasteiger partial charge in [0.05, 0.1) is 11.5 Å². The van der Waals surface area contributed by atoms with Gasteiger partial charge in [-0.2, -0.15) is 0 Å². The van der Waals surface area contributed by atoms with Gasteiger partial charge in [0.25, 0.3) is 0 Å². The highest BCUT2D eigenvalue weighted by atomic mass is 32.1. The molecule has 0 amide bonds. The van der Waals surface area contributed by atoms with Crippen molar-refractivity contribution in [2.75, 3.05) is 6.61 Å². The number of nitrogens with two attached hydrogens (primary N) is 1. The zero-order valence-corrected chi connectivity index (χ0v) is 17.0. The van der Waals surface area contributed by atoms with E-state index in [1.807, 2.05) is 30.3 Å². The van der Waals surface area contributed by atoms with Crippen LogP contribution < -0.4 is 5.73 Å². The Kier molecular flexibility index (Phi) is 7.91. The van der Waals surface area contributed by atoms with Gasteiger partial charge in [-0.1, -0.05) is 30.3 Å². The number of aryl methyl sites for hydroxylation is 2. The van der Waals surface area contributed by atoms with E-state index < -0.39 is 13.4 Å². The summed E-state index contributed by atoms with van der Waals surface area (Å²) < 4.78 is 15.3. The monoisotopic (exact) mass is 411 g/mol. The molecule has 0 radical (unpaired) electrons. The van der Waals surface area contributed by atoms with Crippen LogP contribution in [-0.2, 0) is 21.9 Å². The minimum atomic E-state index is -4.52. The highest BCUT2D eigenvalue weighted by Crippen LogP contribution is 2.37. The molecule has 0 bridgehead atoms. The number of hydrogen-bond acceptors (Lipinski definition) is 5. The maximum absolute atomic E-state index is 12.3. The molecule has 1 aromatic heterocycles. The third kappa shape index (κ3) is 8.47. The lowest BCUT2D eigenvalue weighted by molar-refractivity contribution is 0.0984. The van der Waals surface area contributed by atoms with Crippen LogP contribution in [0.3, 0.4) is 0 Å². The van der Waals surface area contributed by atoms with Crippen LogP contribution in [-0.4, -0.2) is 27.7 Å². The summed E-state index contributed by atoms with van der Waals surface area (Å²) in [5.74, 6) is 0.141. The zero-order chi connectivity index (χ0) is 19.9. The van der Waals surface area contributed by atoms with Gasteiger partial charge >= 0.3 is 7.82 Å². The van der Waals surface area contributed by atoms with Crippen LogP contribution in [0.15, 0.2) is 42.5 Å². The third-order valence-electron chi connectivity index (χ3n) is 4.15. The molecule has 148 valence electrons. The summed E-state index contributed by atoms with van der Waals surface area (Å²) in [5, 5.41) is 0. The normalized spacial score (nSPS) is 14.1. The average Bonchev–Trinajstić information content (AvgIpc) is 3.08. The smallest absolute Gasteiger partial charge is 0.323 e. The van der Waals surface area contributed by atoms with Crippen LogP contribution in [0.25, 0.3) is 0 Å². The number of rotatable bonds is 11. The second-order valence-electron chi connectivity index (χ2n) is 6.95. The second kappa shape index (κ2) is 9.73. The molecule has 4 N–H and O–H groups in total. The van der Waals surface area contributed by atoms with Crippen molar-refractivity contribution in [3.05, 3.63) is 57.8 Å². The van der Waals surface area contributed by atoms with Crippen molar-refractivity contribution >= 4 is 24.9 Å². The number of phosphoric ester groups is 1. The molecule has 2 aromatic rings. The van der Waals surface area contributed by atoms with Crippen LogP contribution in [0.1, 0.15) is 46.3 Å². The molecule has 27 heavy (non-hydrogen) atoms. The molecule has 0 fully saturated rings. The first-order valence-electron chi connectivity index (χ1n) is 8.79. The van der Waals surface area contributed by atoms with Gasteiger partial charge in [-0.3, -0.25) is 9.32 Å². The number of thiophene rings is 1. The Balaban J connectivity index is 1.78. The Hall–Kier alpha value is -1.34. The van der Waals surface area contributed by atoms with E-state index in [0.29, 0.717) is 19.3 Å². The quantitative estimate of drug-likeness (QED) is 0.384. The predicted octanol–water partition coefficient (Wildman–Crippen LogP) is 3.71. The summed E-state index contributed by atoms with van der Waals surface area (Å²) in [4.78, 5) is 31.6. The first kappa shape index (κ1) is 22.0. The summed E-state index contributed by atoms with van der Waals surface area (Å²) >= 11 is 1.45. The van der Waals surface area contributed by atoms with E-state index in [9.17, 15) is 9.36 Å². The number of hydrogen-bond donors (Lipinski definition) is 3. The Morgan fingerprint density at radius 1 is 1.19 bits per heavy atom. The molecule has 1 atom stereocenters. The van der Waals surface area contributed by atoms with Crippen LogP contribution in [0.4, 0.5) is 0 Å². The van der Waals surface area contributed by atoms with E-state index >= 15 is 0 Å². The summed E-state index contributed by atoms with van der Waals surface area (Å²) in [6.07, 6.45) is 3.33. The number of benzene rings is 1. The van der Waals surface area contributed by atoms with Gasteiger partial charge < -0.3 is 15.5 Å². The number of carbonyl (C=O) groups excluding carboxylic acids is 1. The van der Waals surface area contributed by atoms with Crippen molar-refractivity contribution in [2.24, 2.45) is 5.73 Å². The van der Waals surface area contributed by atoms with Crippen LogP contribution in [0.2, 0.25) is 0 Å². The van der Waals surface area contributed by atoms with E-state index in [2.05, 4.69) is 16.7 Å². The van der Waals surface area contributed by atoms with Crippen LogP contribution in [0, 0.1) is 0 Å². The predicted molar refractivity (Wildman–Crippen MR) is 107 cm³/mol. The van der Waals surface area contributed by atoms with Gasteiger partial charge in [0.15, 0.2) is 5.78 Å². The average molecular weight is 411 g/mol. The second-order valence-corrected chi connectivity index (χ2v) is 9.35. The Labute approximate surface area is 163 Å². The molecule has 6 nitrogen and oxygen atoms in total. The summed E-state index contributed by atoms with van der Waals surface area (Å²) in [7, 11) is -4.52. The fourth-order valence-electron chi connectivity index (χ4n) is 2.60. The van der Waals surface area contributed by atoms with Gasteiger partial charge in [0, 0.05) is 16.8 Å². The Morgan fingerprint density at radius 3 is 2.56 bits per heavy atom. The van der Waals surface area contributed by atoms with Crippen LogP contribution >= 0.6 is 19.2 Å². The van der Waals surface area contributed by atoms with E-state index in [0.717, 1.165) is 22.6 Å². The Bertz CT molecular complexity index is 784. The summed E-state index contributed by atoms with van der Waals surface area (Å²) in [6.45, 7) is 1.46. The van der Waals surface area contributed by atoms with Gasteiger partial charge in [0.1, 0.15) is 0 Å². The minimum absolute atomic E-state index is 0.141. The summed E-state index contributed by atoms with van der Waals surface area (Å²) in [5.41, 5.74) is 6.41. The van der Waals surface area contributed by atoms with Crippen molar-refractivity contribution < 1.29 is 23.7 Å². The Morgan fingerprint density at radius 2 is 1.89 bits per heavy atom. The minimum Gasteiger partial charge on any atom is -0.323 e. The molecule has 1 heterocycles. The van der Waals surface area contributed by atoms with Crippen molar-refractivity contribution in [1.82, 2.24) is 0 Å². The van der Waals surface area contributed by atoms with E-state index in [-0.39, 0.29) is 12.4 Å². The first-order chi connectivity index (χ1) is 12.6. The third-order valence-corrected chi connectivity index (χ3v) is 5.81. The molecular weight excluding hydrogens is 385 g/mol. The van der Waals surface area contributed by atoms with Crippen molar-refractivity contribution in [2.45, 2.75) is 44.6 Å². The lowest BCUT2D eigenvalue weighted by atomic mass is 9.98. The molecule has 0 spiro atoms. The van der Waals surface area contributed by atoms with E-state index in [1.165, 1.54) is 16.9 Å². The molecule has 0 aliphatic carbocycles. The zero-order valence-electron chi connectivity index (χ0n) is 15.3. The molecule has 8 heteroatoms. The molecule has 2 rings (SSSR count). The lowest BCUT2D eigenvalue weighted by Gasteiger charge is -2.24. The van der Waals surface area contributed by atoms with E-state index in [1.54, 1.807) is 6.92 Å². The van der Waals surface area contributed by atoms with Crippen molar-refractivity contribution in [3.63, 3.8) is 0 Å². The van der Waals surface area contributed by atoms with Crippen molar-refractivity contribution in [1.29, 1.82) is 0 Å². The fourth-order valence-corrected chi connectivity index (χ4v) is 4.03. The number of Topliss-reactive ketones (excluding diaryl/α,β-unsaturated/α-hetero) is 1. The molecule has 0 aliphatic heterocycles. The number of phosphoric acid groups is 1. The maximum atomic E-state index is 12.3. The topological polar surface area (TPSA) is 110 Å². The molecule has 1 unspecified atom stereocenters. The van der Waals surface area contributed by atoms with Crippen LogP contribution in [0.5, 0.6) is 0 Å².